The molecule has 2 nitrogen and oxygen atoms in total. The summed E-state index contributed by atoms with van der Waals surface area (Å²) in [6.07, 6.45) is 1.44. The van der Waals surface area contributed by atoms with Gasteiger partial charge in [0.15, 0.2) is 6.29 Å². The average molecular weight is 144 g/mol. The van der Waals surface area contributed by atoms with Crippen molar-refractivity contribution in [3.05, 3.63) is 0 Å². The van der Waals surface area contributed by atoms with Crippen molar-refractivity contribution in [2.45, 2.75) is 39.6 Å². The Labute approximate surface area is 62.5 Å². The van der Waals surface area contributed by atoms with Crippen molar-refractivity contribution in [3.63, 3.8) is 0 Å². The van der Waals surface area contributed by atoms with E-state index in [9.17, 15) is 0 Å². The van der Waals surface area contributed by atoms with Crippen LogP contribution in [-0.4, -0.2) is 19.0 Å². The second-order valence-electron chi connectivity index (χ2n) is 3.22. The first-order valence-corrected chi connectivity index (χ1v) is 3.97. The van der Waals surface area contributed by atoms with Crippen molar-refractivity contribution in [1.82, 2.24) is 0 Å². The van der Waals surface area contributed by atoms with Crippen LogP contribution in [0.5, 0.6) is 0 Å². The van der Waals surface area contributed by atoms with Gasteiger partial charge in [0, 0.05) is 5.92 Å². The van der Waals surface area contributed by atoms with Gasteiger partial charge in [-0.1, -0.05) is 13.8 Å². The lowest BCUT2D eigenvalue weighted by Crippen LogP contribution is -2.33. The van der Waals surface area contributed by atoms with Gasteiger partial charge in [0.25, 0.3) is 0 Å². The summed E-state index contributed by atoms with van der Waals surface area (Å²) in [7, 11) is 0. The molecule has 1 fully saturated rings. The summed E-state index contributed by atoms with van der Waals surface area (Å²) in [4.78, 5) is 0. The Balaban J connectivity index is 2.32. The van der Waals surface area contributed by atoms with E-state index in [1.54, 1.807) is 0 Å². The highest BCUT2D eigenvalue weighted by Crippen LogP contribution is 2.17. The van der Waals surface area contributed by atoms with Crippen LogP contribution in [0.1, 0.15) is 27.2 Å². The maximum atomic E-state index is 5.53. The standard InChI is InChI=1S/C8H16O2/c1-6(2)8-9-5-4-7(3)10-8/h6-8H,4-5H2,1-3H3/t7-,8+/m1/s1. The van der Waals surface area contributed by atoms with Crippen LogP contribution in [-0.2, 0) is 9.47 Å². The van der Waals surface area contributed by atoms with Crippen LogP contribution in [0.3, 0.4) is 0 Å². The van der Waals surface area contributed by atoms with Gasteiger partial charge in [-0.2, -0.15) is 0 Å². The van der Waals surface area contributed by atoms with Gasteiger partial charge < -0.3 is 9.47 Å². The molecule has 1 aliphatic heterocycles. The molecule has 0 spiro atoms. The van der Waals surface area contributed by atoms with Gasteiger partial charge in [-0.15, -0.1) is 0 Å². The molecule has 60 valence electrons. The monoisotopic (exact) mass is 144 g/mol. The van der Waals surface area contributed by atoms with Crippen LogP contribution in [0.2, 0.25) is 0 Å². The maximum absolute atomic E-state index is 5.53. The lowest BCUT2D eigenvalue weighted by atomic mass is 10.2. The van der Waals surface area contributed by atoms with E-state index < -0.39 is 0 Å². The van der Waals surface area contributed by atoms with E-state index in [0.29, 0.717) is 12.0 Å². The topological polar surface area (TPSA) is 18.5 Å². The highest BCUT2D eigenvalue weighted by atomic mass is 16.7. The first-order valence-electron chi connectivity index (χ1n) is 3.97. The summed E-state index contributed by atoms with van der Waals surface area (Å²) in [5.41, 5.74) is 0. The fourth-order valence-corrected chi connectivity index (χ4v) is 1.04. The molecule has 0 aliphatic carbocycles. The molecule has 0 aromatic rings. The summed E-state index contributed by atoms with van der Waals surface area (Å²) in [6.45, 7) is 7.17. The second-order valence-corrected chi connectivity index (χ2v) is 3.22. The lowest BCUT2D eigenvalue weighted by molar-refractivity contribution is -0.225. The fourth-order valence-electron chi connectivity index (χ4n) is 1.04. The molecule has 0 aromatic carbocycles. The molecule has 0 radical (unpaired) electrons. The predicted octanol–water partition coefficient (Wildman–Crippen LogP) is 1.79. The number of hydrogen-bond donors (Lipinski definition) is 0. The Bertz CT molecular complexity index is 101. The van der Waals surface area contributed by atoms with E-state index in [4.69, 9.17) is 9.47 Å². The van der Waals surface area contributed by atoms with Gasteiger partial charge in [-0.3, -0.25) is 0 Å². The Morgan fingerprint density at radius 3 is 2.50 bits per heavy atom. The maximum Gasteiger partial charge on any atom is 0.160 e. The molecule has 0 amide bonds. The minimum Gasteiger partial charge on any atom is -0.352 e. The van der Waals surface area contributed by atoms with Crippen LogP contribution >= 0.6 is 0 Å². The predicted molar refractivity (Wildman–Crippen MR) is 39.7 cm³/mol. The Hall–Kier alpha value is -0.0800. The fraction of sp³-hybridized carbons (Fsp3) is 1.00. The van der Waals surface area contributed by atoms with Gasteiger partial charge in [-0.05, 0) is 13.3 Å². The van der Waals surface area contributed by atoms with E-state index in [1.807, 2.05) is 0 Å². The molecule has 0 bridgehead atoms. The van der Waals surface area contributed by atoms with Crippen LogP contribution in [0.15, 0.2) is 0 Å². The van der Waals surface area contributed by atoms with Crippen LogP contribution < -0.4 is 0 Å². The SMILES string of the molecule is CC(C)[C@H]1OCC[C@@H](C)O1. The smallest absolute Gasteiger partial charge is 0.160 e. The molecule has 1 saturated heterocycles. The highest BCUT2D eigenvalue weighted by molar-refractivity contribution is 4.61. The molecule has 2 atom stereocenters. The van der Waals surface area contributed by atoms with Crippen molar-refractivity contribution in [2.24, 2.45) is 5.92 Å². The second kappa shape index (κ2) is 3.35. The van der Waals surface area contributed by atoms with Crippen molar-refractivity contribution in [3.8, 4) is 0 Å². The Kier molecular flexibility index (Phi) is 2.69. The molecule has 10 heavy (non-hydrogen) atoms. The third-order valence-corrected chi connectivity index (χ3v) is 1.72. The first kappa shape index (κ1) is 8.02. The van der Waals surface area contributed by atoms with Gasteiger partial charge in [-0.25, -0.2) is 0 Å². The molecule has 0 saturated carbocycles. The van der Waals surface area contributed by atoms with Crippen molar-refractivity contribution < 1.29 is 9.47 Å². The highest BCUT2D eigenvalue weighted by Gasteiger charge is 2.21. The summed E-state index contributed by atoms with van der Waals surface area (Å²) in [5, 5.41) is 0. The van der Waals surface area contributed by atoms with E-state index >= 15 is 0 Å². The average Bonchev–Trinajstić information content (AvgIpc) is 1.88. The molecule has 0 aromatic heterocycles. The largest absolute Gasteiger partial charge is 0.352 e. The molecule has 0 unspecified atom stereocenters. The minimum atomic E-state index is 0.0312. The number of ether oxygens (including phenoxy) is 2. The summed E-state index contributed by atoms with van der Waals surface area (Å²) in [5.74, 6) is 0.475. The van der Waals surface area contributed by atoms with Crippen LogP contribution in [0, 0.1) is 5.92 Å². The molecule has 1 heterocycles. The molecule has 0 N–H and O–H groups in total. The van der Waals surface area contributed by atoms with E-state index in [1.165, 1.54) is 0 Å². The van der Waals surface area contributed by atoms with Gasteiger partial charge in [0.1, 0.15) is 0 Å². The third-order valence-electron chi connectivity index (χ3n) is 1.72. The summed E-state index contributed by atoms with van der Waals surface area (Å²) < 4.78 is 10.9. The normalized spacial score (nSPS) is 34.8. The van der Waals surface area contributed by atoms with Crippen molar-refractivity contribution in [1.29, 1.82) is 0 Å². The molecular formula is C8H16O2. The van der Waals surface area contributed by atoms with E-state index in [0.717, 1.165) is 13.0 Å². The Morgan fingerprint density at radius 2 is 2.10 bits per heavy atom. The quantitative estimate of drug-likeness (QED) is 0.558. The van der Waals surface area contributed by atoms with E-state index in [-0.39, 0.29) is 6.29 Å². The van der Waals surface area contributed by atoms with Crippen LogP contribution in [0.4, 0.5) is 0 Å². The third kappa shape index (κ3) is 1.96. The minimum absolute atomic E-state index is 0.0312. The van der Waals surface area contributed by atoms with Gasteiger partial charge in [0.2, 0.25) is 0 Å². The number of rotatable bonds is 1. The molecule has 1 rings (SSSR count). The first-order chi connectivity index (χ1) is 4.70. The van der Waals surface area contributed by atoms with Gasteiger partial charge in [0.05, 0.1) is 12.7 Å². The lowest BCUT2D eigenvalue weighted by Gasteiger charge is -2.30. The van der Waals surface area contributed by atoms with Crippen LogP contribution in [0.25, 0.3) is 0 Å². The zero-order valence-corrected chi connectivity index (χ0v) is 6.96. The summed E-state index contributed by atoms with van der Waals surface area (Å²) >= 11 is 0. The molecular weight excluding hydrogens is 128 g/mol. The zero-order chi connectivity index (χ0) is 7.56. The molecule has 2 heteroatoms. The van der Waals surface area contributed by atoms with Crippen molar-refractivity contribution in [2.75, 3.05) is 6.61 Å². The number of hydrogen-bond acceptors (Lipinski definition) is 2. The van der Waals surface area contributed by atoms with E-state index in [2.05, 4.69) is 20.8 Å². The molecule has 1 aliphatic rings. The van der Waals surface area contributed by atoms with Crippen molar-refractivity contribution >= 4 is 0 Å². The van der Waals surface area contributed by atoms with Gasteiger partial charge >= 0.3 is 0 Å². The Morgan fingerprint density at radius 1 is 1.40 bits per heavy atom. The summed E-state index contributed by atoms with van der Waals surface area (Å²) in [6, 6.07) is 0. The zero-order valence-electron chi connectivity index (χ0n) is 6.96.